The summed E-state index contributed by atoms with van der Waals surface area (Å²) in [6, 6.07) is 14.8. The Morgan fingerprint density at radius 1 is 1.13 bits per heavy atom. The topological polar surface area (TPSA) is 29.5 Å². The highest BCUT2D eigenvalue weighted by atomic mass is 35.5. The van der Waals surface area contributed by atoms with Crippen molar-refractivity contribution in [1.82, 2.24) is 4.90 Å². The molecule has 2 aliphatic heterocycles. The third-order valence-electron chi connectivity index (χ3n) is 7.31. The van der Waals surface area contributed by atoms with Crippen molar-refractivity contribution in [2.45, 2.75) is 59.0 Å². The fourth-order valence-corrected chi connectivity index (χ4v) is 5.46. The molecule has 0 amide bonds. The second-order valence-corrected chi connectivity index (χ2v) is 10.2. The van der Waals surface area contributed by atoms with Crippen molar-refractivity contribution in [2.75, 3.05) is 19.6 Å². The molecule has 0 radical (unpaired) electrons. The molecule has 2 aromatic carbocycles. The number of piperidine rings is 1. The van der Waals surface area contributed by atoms with E-state index in [1.54, 1.807) is 0 Å². The summed E-state index contributed by atoms with van der Waals surface area (Å²) < 4.78 is 6.18. The predicted octanol–water partition coefficient (Wildman–Crippen LogP) is 6.47. The summed E-state index contributed by atoms with van der Waals surface area (Å²) in [7, 11) is 0. The van der Waals surface area contributed by atoms with Gasteiger partial charge < -0.3 is 9.64 Å². The van der Waals surface area contributed by atoms with Crippen LogP contribution >= 0.6 is 11.6 Å². The molecule has 3 nitrogen and oxygen atoms in total. The highest BCUT2D eigenvalue weighted by Crippen LogP contribution is 2.45. The summed E-state index contributed by atoms with van der Waals surface area (Å²) in [6.07, 6.45) is 3.87. The van der Waals surface area contributed by atoms with Crippen LogP contribution < -0.4 is 4.74 Å². The van der Waals surface area contributed by atoms with E-state index in [1.165, 1.54) is 16.7 Å². The zero-order chi connectivity index (χ0) is 22.0. The van der Waals surface area contributed by atoms with Gasteiger partial charge in [0, 0.05) is 28.3 Å². The van der Waals surface area contributed by atoms with E-state index in [-0.39, 0.29) is 5.41 Å². The molecule has 2 heterocycles. The Labute approximate surface area is 191 Å². The van der Waals surface area contributed by atoms with Crippen molar-refractivity contribution in [3.63, 3.8) is 0 Å². The maximum Gasteiger partial charge on any atom is 0.138 e. The van der Waals surface area contributed by atoms with Gasteiger partial charge in [-0.25, -0.2) is 0 Å². The van der Waals surface area contributed by atoms with Crippen LogP contribution in [0.1, 0.15) is 69.1 Å². The average Bonchev–Trinajstić information content (AvgIpc) is 2.94. The number of likely N-dealkylation sites (tertiary alicyclic amines) is 1. The van der Waals surface area contributed by atoms with Gasteiger partial charge in [-0.3, -0.25) is 4.79 Å². The number of hydrogen-bond acceptors (Lipinski definition) is 3. The minimum Gasteiger partial charge on any atom is -0.489 e. The summed E-state index contributed by atoms with van der Waals surface area (Å²) in [4.78, 5) is 14.8. The number of benzene rings is 2. The number of rotatable bonds is 6. The number of para-hydroxylation sites is 1. The second-order valence-electron chi connectivity index (χ2n) is 9.74. The second kappa shape index (κ2) is 9.34. The number of carbonyl (C=O) groups is 1. The van der Waals surface area contributed by atoms with E-state index in [0.717, 1.165) is 49.7 Å². The van der Waals surface area contributed by atoms with Gasteiger partial charge in [-0.2, -0.15) is 0 Å². The first kappa shape index (κ1) is 22.4. The fourth-order valence-electron chi connectivity index (χ4n) is 5.27. The molecule has 0 aliphatic carbocycles. The number of Topliss-reactive ketones (excluding diaryl/α,β-unsaturated/α-hetero) is 1. The van der Waals surface area contributed by atoms with E-state index in [9.17, 15) is 4.79 Å². The van der Waals surface area contributed by atoms with Gasteiger partial charge in [-0.15, -0.1) is 0 Å². The van der Waals surface area contributed by atoms with Crippen LogP contribution in [0.5, 0.6) is 5.75 Å². The molecule has 1 unspecified atom stereocenters. The molecular formula is C27H34ClNO2. The smallest absolute Gasteiger partial charge is 0.138 e. The molecule has 0 saturated carbocycles. The molecule has 2 aliphatic rings. The lowest BCUT2D eigenvalue weighted by Crippen LogP contribution is -2.38. The van der Waals surface area contributed by atoms with E-state index in [2.05, 4.69) is 55.1 Å². The van der Waals surface area contributed by atoms with Crippen LogP contribution in [0.4, 0.5) is 0 Å². The van der Waals surface area contributed by atoms with Crippen molar-refractivity contribution in [3.8, 4) is 5.75 Å². The Morgan fingerprint density at radius 3 is 2.61 bits per heavy atom. The zero-order valence-electron chi connectivity index (χ0n) is 19.0. The van der Waals surface area contributed by atoms with E-state index in [4.69, 9.17) is 16.3 Å². The first-order valence-corrected chi connectivity index (χ1v) is 12.0. The predicted molar refractivity (Wildman–Crippen MR) is 127 cm³/mol. The van der Waals surface area contributed by atoms with Crippen LogP contribution in [-0.2, 0) is 11.4 Å². The quantitative estimate of drug-likeness (QED) is 0.516. The van der Waals surface area contributed by atoms with Crippen molar-refractivity contribution >= 4 is 17.4 Å². The van der Waals surface area contributed by atoms with Gasteiger partial charge in [-0.05, 0) is 74.1 Å². The lowest BCUT2D eigenvalue weighted by atomic mass is 9.74. The van der Waals surface area contributed by atoms with Crippen molar-refractivity contribution < 1.29 is 9.53 Å². The lowest BCUT2D eigenvalue weighted by Gasteiger charge is -2.38. The molecule has 31 heavy (non-hydrogen) atoms. The fraction of sp³-hybridized carbons (Fsp3) is 0.519. The van der Waals surface area contributed by atoms with Crippen LogP contribution in [0.2, 0.25) is 5.02 Å². The summed E-state index contributed by atoms with van der Waals surface area (Å²) in [6.45, 7) is 9.90. The Bertz CT molecular complexity index is 931. The molecule has 4 heteroatoms. The monoisotopic (exact) mass is 439 g/mol. The minimum atomic E-state index is -0.221. The summed E-state index contributed by atoms with van der Waals surface area (Å²) in [5.41, 5.74) is 3.65. The van der Waals surface area contributed by atoms with Crippen molar-refractivity contribution in [2.24, 2.45) is 11.3 Å². The Balaban J connectivity index is 1.50. The average molecular weight is 440 g/mol. The molecule has 2 aromatic rings. The van der Waals surface area contributed by atoms with Crippen LogP contribution in [0, 0.1) is 11.3 Å². The number of ether oxygens (including phenoxy) is 1. The van der Waals surface area contributed by atoms with Crippen molar-refractivity contribution in [1.29, 1.82) is 0 Å². The standard InChI is InChI=1S/C27H34ClNO2/c1-4-25(30)27(2,3)13-16-29-14-11-19(12-15-29)26-22-10-9-21(28)17-20(22)18-31-24-8-6-5-7-23(24)26/h5-10,17,19,26H,4,11-16,18H2,1-3H3. The summed E-state index contributed by atoms with van der Waals surface area (Å²) in [5.74, 6) is 2.28. The highest BCUT2D eigenvalue weighted by Gasteiger charge is 2.34. The van der Waals surface area contributed by atoms with Gasteiger partial charge in [0.15, 0.2) is 0 Å². The summed E-state index contributed by atoms with van der Waals surface area (Å²) in [5, 5.41) is 0.770. The van der Waals surface area contributed by atoms with Crippen LogP contribution in [0.15, 0.2) is 42.5 Å². The molecule has 1 saturated heterocycles. The van der Waals surface area contributed by atoms with Crippen LogP contribution in [0.25, 0.3) is 0 Å². The maximum absolute atomic E-state index is 12.2. The van der Waals surface area contributed by atoms with Gasteiger partial charge >= 0.3 is 0 Å². The zero-order valence-corrected chi connectivity index (χ0v) is 19.8. The first-order chi connectivity index (χ1) is 14.9. The van der Waals surface area contributed by atoms with Crippen LogP contribution in [-0.4, -0.2) is 30.3 Å². The maximum atomic E-state index is 12.2. The van der Waals surface area contributed by atoms with Gasteiger partial charge in [-0.1, -0.05) is 56.6 Å². The van der Waals surface area contributed by atoms with E-state index in [0.29, 0.717) is 30.6 Å². The van der Waals surface area contributed by atoms with E-state index < -0.39 is 0 Å². The van der Waals surface area contributed by atoms with Gasteiger partial charge in [0.2, 0.25) is 0 Å². The molecular weight excluding hydrogens is 406 g/mol. The SMILES string of the molecule is CCC(=O)C(C)(C)CCN1CCC(C2c3ccc(Cl)cc3COc3ccccc32)CC1. The largest absolute Gasteiger partial charge is 0.489 e. The van der Waals surface area contributed by atoms with Gasteiger partial charge in [0.05, 0.1) is 0 Å². The highest BCUT2D eigenvalue weighted by molar-refractivity contribution is 6.30. The number of hydrogen-bond donors (Lipinski definition) is 0. The Kier molecular flexibility index (Phi) is 6.74. The molecule has 0 N–H and O–H groups in total. The molecule has 0 aromatic heterocycles. The third kappa shape index (κ3) is 4.83. The number of fused-ring (bicyclic) bond motifs is 2. The van der Waals surface area contributed by atoms with Gasteiger partial charge in [0.1, 0.15) is 18.1 Å². The number of nitrogens with zero attached hydrogens (tertiary/aromatic N) is 1. The Morgan fingerprint density at radius 2 is 1.87 bits per heavy atom. The normalized spacial score (nSPS) is 19.8. The molecule has 4 rings (SSSR count). The number of carbonyl (C=O) groups excluding carboxylic acids is 1. The number of halogens is 1. The molecule has 1 fully saturated rings. The van der Waals surface area contributed by atoms with Crippen molar-refractivity contribution in [3.05, 3.63) is 64.2 Å². The lowest BCUT2D eigenvalue weighted by molar-refractivity contribution is -0.127. The first-order valence-electron chi connectivity index (χ1n) is 11.6. The number of ketones is 1. The van der Waals surface area contributed by atoms with Gasteiger partial charge in [0.25, 0.3) is 0 Å². The van der Waals surface area contributed by atoms with Crippen LogP contribution in [0.3, 0.4) is 0 Å². The Hall–Kier alpha value is -1.84. The molecule has 0 bridgehead atoms. The molecule has 0 spiro atoms. The molecule has 1 atom stereocenters. The minimum absolute atomic E-state index is 0.221. The third-order valence-corrected chi connectivity index (χ3v) is 7.55. The summed E-state index contributed by atoms with van der Waals surface area (Å²) >= 11 is 6.31. The molecule has 166 valence electrons. The van der Waals surface area contributed by atoms with E-state index in [1.807, 2.05) is 13.0 Å². The van der Waals surface area contributed by atoms with E-state index >= 15 is 0 Å².